The van der Waals surface area contributed by atoms with Gasteiger partial charge in [0, 0.05) is 51.5 Å². The second kappa shape index (κ2) is 6.45. The predicted octanol–water partition coefficient (Wildman–Crippen LogP) is 1.72. The summed E-state index contributed by atoms with van der Waals surface area (Å²) >= 11 is 0. The molecular weight excluding hydrogens is 320 g/mol. The zero-order chi connectivity index (χ0) is 17.4. The fourth-order valence-electron chi connectivity index (χ4n) is 3.49. The van der Waals surface area contributed by atoms with E-state index in [1.165, 1.54) is 0 Å². The van der Waals surface area contributed by atoms with Crippen LogP contribution in [0, 0.1) is 6.92 Å². The first-order chi connectivity index (χ1) is 12.1. The van der Waals surface area contributed by atoms with Gasteiger partial charge in [-0.3, -0.25) is 14.7 Å². The Morgan fingerprint density at radius 1 is 1.36 bits per heavy atom. The number of nitrogens with one attached hydrogen (secondary N) is 1. The average molecular weight is 342 g/mol. The lowest BCUT2D eigenvalue weighted by Gasteiger charge is -2.14. The minimum atomic E-state index is 0.109. The first kappa shape index (κ1) is 16.0. The Labute approximate surface area is 145 Å². The number of hydrogen-bond acceptors (Lipinski definition) is 6. The second-order valence-corrected chi connectivity index (χ2v) is 6.57. The van der Waals surface area contributed by atoms with E-state index in [0.717, 1.165) is 48.1 Å². The molecule has 25 heavy (non-hydrogen) atoms. The Morgan fingerprint density at radius 2 is 2.24 bits per heavy atom. The van der Waals surface area contributed by atoms with Gasteiger partial charge in [0.1, 0.15) is 11.5 Å². The Kier molecular flexibility index (Phi) is 4.14. The summed E-state index contributed by atoms with van der Waals surface area (Å²) in [4.78, 5) is 2.36. The molecule has 1 N–H and O–H groups in total. The highest BCUT2D eigenvalue weighted by molar-refractivity contribution is 5.56. The van der Waals surface area contributed by atoms with E-state index in [1.54, 1.807) is 11.8 Å². The van der Waals surface area contributed by atoms with E-state index in [-0.39, 0.29) is 12.0 Å². The van der Waals surface area contributed by atoms with E-state index in [2.05, 4.69) is 25.4 Å². The van der Waals surface area contributed by atoms with Crippen LogP contribution in [0.2, 0.25) is 0 Å². The van der Waals surface area contributed by atoms with Crippen molar-refractivity contribution in [1.29, 1.82) is 0 Å². The average Bonchev–Trinajstić information content (AvgIpc) is 3.34. The first-order valence-electron chi connectivity index (χ1n) is 8.34. The lowest BCUT2D eigenvalue weighted by atomic mass is 10.0. The largest absolute Gasteiger partial charge is 0.460 e. The number of nitrogens with zero attached hydrogens (tertiary/aromatic N) is 5. The molecule has 2 atom stereocenters. The number of hydrogen-bond donors (Lipinski definition) is 1. The molecule has 1 saturated heterocycles. The maximum atomic E-state index is 5.73. The third-order valence-electron chi connectivity index (χ3n) is 4.74. The monoisotopic (exact) mass is 342 g/mol. The van der Waals surface area contributed by atoms with Gasteiger partial charge in [-0.15, -0.1) is 5.10 Å². The van der Waals surface area contributed by atoms with Crippen molar-refractivity contribution in [3.05, 3.63) is 41.5 Å². The maximum Gasteiger partial charge on any atom is 0.152 e. The minimum absolute atomic E-state index is 0.109. The van der Waals surface area contributed by atoms with E-state index in [0.29, 0.717) is 0 Å². The molecule has 132 valence electrons. The lowest BCUT2D eigenvalue weighted by Crippen LogP contribution is -2.22. The molecule has 1 aliphatic rings. The van der Waals surface area contributed by atoms with Gasteiger partial charge in [-0.05, 0) is 19.1 Å². The normalized spacial score (nSPS) is 21.2. The van der Waals surface area contributed by atoms with E-state index in [4.69, 9.17) is 9.15 Å². The van der Waals surface area contributed by atoms with Crippen molar-refractivity contribution in [3.63, 3.8) is 0 Å². The summed E-state index contributed by atoms with van der Waals surface area (Å²) in [6.45, 7) is 4.44. The third-order valence-corrected chi connectivity index (χ3v) is 4.74. The van der Waals surface area contributed by atoms with Crippen molar-refractivity contribution in [2.24, 2.45) is 7.05 Å². The van der Waals surface area contributed by atoms with Gasteiger partial charge in [-0.25, -0.2) is 0 Å². The van der Waals surface area contributed by atoms with Gasteiger partial charge in [0.15, 0.2) is 5.76 Å². The molecule has 1 aliphatic heterocycles. The van der Waals surface area contributed by atoms with Crippen LogP contribution in [0.1, 0.15) is 22.9 Å². The standard InChI is InChI=1S/C17H22N6O2/c1-11-4-5-15(25-11)17-12(6-18-20-17)7-23-8-13(16(10-23)24-3)14-9-22(2)21-19-14/h4-6,9,13,16H,7-8,10H2,1-3H3,(H,18,20)/t13-,16+/m0/s1. The number of likely N-dealkylation sites (tertiary alicyclic amines) is 1. The van der Waals surface area contributed by atoms with E-state index in [1.807, 2.05) is 38.5 Å². The van der Waals surface area contributed by atoms with Crippen LogP contribution >= 0.6 is 0 Å². The molecule has 8 heteroatoms. The fraction of sp³-hybridized carbons (Fsp3) is 0.471. The first-order valence-corrected chi connectivity index (χ1v) is 8.34. The summed E-state index contributed by atoms with van der Waals surface area (Å²) in [7, 11) is 3.64. The molecular formula is C17H22N6O2. The quantitative estimate of drug-likeness (QED) is 0.760. The van der Waals surface area contributed by atoms with Gasteiger partial charge < -0.3 is 9.15 Å². The molecule has 1 fully saturated rings. The van der Waals surface area contributed by atoms with E-state index >= 15 is 0 Å². The van der Waals surface area contributed by atoms with Gasteiger partial charge in [0.25, 0.3) is 0 Å². The molecule has 0 saturated carbocycles. The van der Waals surface area contributed by atoms with Crippen molar-refractivity contribution in [3.8, 4) is 11.5 Å². The van der Waals surface area contributed by atoms with Crippen LogP contribution in [0.5, 0.6) is 0 Å². The minimum Gasteiger partial charge on any atom is -0.460 e. The van der Waals surface area contributed by atoms with Gasteiger partial charge >= 0.3 is 0 Å². The Morgan fingerprint density at radius 3 is 2.92 bits per heavy atom. The van der Waals surface area contributed by atoms with Gasteiger partial charge in [-0.2, -0.15) is 5.10 Å². The number of ether oxygens (including phenoxy) is 1. The second-order valence-electron chi connectivity index (χ2n) is 6.57. The number of aryl methyl sites for hydroxylation is 2. The van der Waals surface area contributed by atoms with Crippen molar-refractivity contribution in [1.82, 2.24) is 30.1 Å². The Bertz CT molecular complexity index is 851. The highest BCUT2D eigenvalue weighted by Gasteiger charge is 2.36. The third kappa shape index (κ3) is 3.10. The maximum absolute atomic E-state index is 5.73. The van der Waals surface area contributed by atoms with Crippen LogP contribution in [0.3, 0.4) is 0 Å². The molecule has 0 aliphatic carbocycles. The van der Waals surface area contributed by atoms with Crippen molar-refractivity contribution in [2.45, 2.75) is 25.5 Å². The zero-order valence-corrected chi connectivity index (χ0v) is 14.6. The molecule has 4 heterocycles. The SMILES string of the molecule is CO[C@@H]1CN(Cc2cn[nH]c2-c2ccc(C)o2)C[C@H]1c1cn(C)nn1. The number of H-pyrrole nitrogens is 1. The molecule has 0 radical (unpaired) electrons. The summed E-state index contributed by atoms with van der Waals surface area (Å²) in [6, 6.07) is 3.93. The number of furan rings is 1. The van der Waals surface area contributed by atoms with E-state index in [9.17, 15) is 0 Å². The number of rotatable bonds is 5. The van der Waals surface area contributed by atoms with Crippen LogP contribution in [0.25, 0.3) is 11.5 Å². The van der Waals surface area contributed by atoms with Crippen LogP contribution < -0.4 is 0 Å². The molecule has 0 unspecified atom stereocenters. The summed E-state index contributed by atoms with van der Waals surface area (Å²) in [5.74, 6) is 1.93. The fourth-order valence-corrected chi connectivity index (χ4v) is 3.49. The van der Waals surface area contributed by atoms with E-state index < -0.39 is 0 Å². The number of aromatic nitrogens is 5. The topological polar surface area (TPSA) is 85.0 Å². The zero-order valence-electron chi connectivity index (χ0n) is 14.6. The van der Waals surface area contributed by atoms with Crippen molar-refractivity contribution in [2.75, 3.05) is 20.2 Å². The van der Waals surface area contributed by atoms with Crippen LogP contribution in [0.4, 0.5) is 0 Å². The van der Waals surface area contributed by atoms with Crippen LogP contribution in [0.15, 0.2) is 28.9 Å². The van der Waals surface area contributed by atoms with Gasteiger partial charge in [0.05, 0.1) is 18.0 Å². The molecule has 0 amide bonds. The molecule has 0 bridgehead atoms. The molecule has 3 aromatic heterocycles. The molecule has 3 aromatic rings. The molecule has 0 aromatic carbocycles. The predicted molar refractivity (Wildman–Crippen MR) is 90.8 cm³/mol. The van der Waals surface area contributed by atoms with Gasteiger partial charge in [0.2, 0.25) is 0 Å². The smallest absolute Gasteiger partial charge is 0.152 e. The summed E-state index contributed by atoms with van der Waals surface area (Å²) in [5.41, 5.74) is 3.03. The molecule has 0 spiro atoms. The Balaban J connectivity index is 1.52. The number of methoxy groups -OCH3 is 1. The number of aromatic amines is 1. The molecule has 8 nitrogen and oxygen atoms in total. The summed E-state index contributed by atoms with van der Waals surface area (Å²) in [5, 5.41) is 15.6. The summed E-state index contributed by atoms with van der Waals surface area (Å²) < 4.78 is 13.2. The summed E-state index contributed by atoms with van der Waals surface area (Å²) in [6.07, 6.45) is 3.94. The molecule has 4 rings (SSSR count). The van der Waals surface area contributed by atoms with Gasteiger partial charge in [-0.1, -0.05) is 5.21 Å². The lowest BCUT2D eigenvalue weighted by molar-refractivity contribution is 0.0957. The van der Waals surface area contributed by atoms with Crippen LogP contribution in [-0.2, 0) is 18.3 Å². The highest BCUT2D eigenvalue weighted by Crippen LogP contribution is 2.31. The highest BCUT2D eigenvalue weighted by atomic mass is 16.5. The van der Waals surface area contributed by atoms with Crippen LogP contribution in [-0.4, -0.2) is 56.4 Å². The van der Waals surface area contributed by atoms with Crippen molar-refractivity contribution >= 4 is 0 Å². The van der Waals surface area contributed by atoms with Crippen molar-refractivity contribution < 1.29 is 9.15 Å². The Hall–Kier alpha value is -2.45.